The molecule has 1 N–H and O–H groups in total. The second kappa shape index (κ2) is 10.6. The maximum absolute atomic E-state index is 12.8. The molecule has 0 atom stereocenters. The zero-order chi connectivity index (χ0) is 27.6. The first-order valence-corrected chi connectivity index (χ1v) is 13.0. The van der Waals surface area contributed by atoms with Crippen molar-refractivity contribution in [3.8, 4) is 33.9 Å². The average Bonchev–Trinajstić information content (AvgIpc) is 3.69. The predicted molar refractivity (Wildman–Crippen MR) is 151 cm³/mol. The summed E-state index contributed by atoms with van der Waals surface area (Å²) >= 11 is 1.34. The van der Waals surface area contributed by atoms with Gasteiger partial charge in [0.15, 0.2) is 5.76 Å². The molecule has 6 rings (SSSR count). The van der Waals surface area contributed by atoms with Gasteiger partial charge >= 0.3 is 0 Å². The molecular formula is C29H24N4O6S. The zero-order valence-corrected chi connectivity index (χ0v) is 22.7. The number of methoxy groups -OCH3 is 3. The van der Waals surface area contributed by atoms with Crippen molar-refractivity contribution >= 4 is 38.9 Å². The van der Waals surface area contributed by atoms with Gasteiger partial charge in [0, 0.05) is 17.8 Å². The van der Waals surface area contributed by atoms with E-state index in [1.807, 2.05) is 42.5 Å². The maximum Gasteiger partial charge on any atom is 0.294 e. The standard InChI is InChI=1S/C29H24N4O6S/c1-35-19-12-24(21-14-26(39-25(21)13-19)22-15-33-28(31-22)40-29(32-33)37-3)38-16-17-7-6-8-18(11-17)30-27(34)20-9-4-5-10-23(20)36-2/h4-15H,16H2,1-3H3,(H,30,34). The van der Waals surface area contributed by atoms with Gasteiger partial charge in [-0.15, -0.1) is 5.10 Å². The summed E-state index contributed by atoms with van der Waals surface area (Å²) in [5.74, 6) is 2.01. The zero-order valence-electron chi connectivity index (χ0n) is 21.8. The number of nitrogens with one attached hydrogen (secondary N) is 1. The van der Waals surface area contributed by atoms with Gasteiger partial charge in [0.25, 0.3) is 11.1 Å². The Morgan fingerprint density at radius 3 is 2.65 bits per heavy atom. The van der Waals surface area contributed by atoms with Crippen LogP contribution in [0.2, 0.25) is 0 Å². The quantitative estimate of drug-likeness (QED) is 0.229. The number of nitrogens with zero attached hydrogens (tertiary/aromatic N) is 3. The summed E-state index contributed by atoms with van der Waals surface area (Å²) < 4.78 is 30.0. The lowest BCUT2D eigenvalue weighted by molar-refractivity contribution is 0.102. The number of imidazole rings is 1. The fraction of sp³-hybridized carbons (Fsp3) is 0.138. The van der Waals surface area contributed by atoms with Gasteiger partial charge in [-0.05, 0) is 47.2 Å². The fourth-order valence-electron chi connectivity index (χ4n) is 4.26. The minimum Gasteiger partial charge on any atom is -0.496 e. The molecule has 1 amide bonds. The third-order valence-corrected chi connectivity index (χ3v) is 7.08. The Labute approximate surface area is 232 Å². The third kappa shape index (κ3) is 4.90. The van der Waals surface area contributed by atoms with Crippen LogP contribution in [0.5, 0.6) is 22.4 Å². The fourth-order valence-corrected chi connectivity index (χ4v) is 4.96. The Kier molecular flexibility index (Phi) is 6.71. The largest absolute Gasteiger partial charge is 0.496 e. The molecule has 0 aliphatic rings. The van der Waals surface area contributed by atoms with Crippen LogP contribution < -0.4 is 24.3 Å². The number of hydrogen-bond acceptors (Lipinski definition) is 9. The van der Waals surface area contributed by atoms with Gasteiger partial charge in [-0.1, -0.05) is 24.3 Å². The number of carbonyl (C=O) groups excluding carboxylic acids is 1. The monoisotopic (exact) mass is 556 g/mol. The van der Waals surface area contributed by atoms with E-state index >= 15 is 0 Å². The van der Waals surface area contributed by atoms with E-state index in [-0.39, 0.29) is 12.5 Å². The van der Waals surface area contributed by atoms with Gasteiger partial charge in [0.05, 0.1) is 38.5 Å². The molecule has 3 heterocycles. The molecule has 202 valence electrons. The maximum atomic E-state index is 12.8. The number of carbonyl (C=O) groups is 1. The van der Waals surface area contributed by atoms with Crippen LogP contribution in [-0.4, -0.2) is 41.8 Å². The molecule has 0 fully saturated rings. The molecule has 10 nitrogen and oxygen atoms in total. The molecule has 0 spiro atoms. The molecule has 0 aliphatic carbocycles. The average molecular weight is 557 g/mol. The summed E-state index contributed by atoms with van der Waals surface area (Å²) in [6.07, 6.45) is 1.79. The third-order valence-electron chi connectivity index (χ3n) is 6.19. The van der Waals surface area contributed by atoms with Crippen LogP contribution in [0.3, 0.4) is 0 Å². The predicted octanol–water partition coefficient (Wildman–Crippen LogP) is 6.06. The number of aromatic nitrogens is 3. The van der Waals surface area contributed by atoms with E-state index < -0.39 is 0 Å². The summed E-state index contributed by atoms with van der Waals surface area (Å²) in [6, 6.07) is 20.1. The number of benzene rings is 3. The minimum atomic E-state index is -0.260. The summed E-state index contributed by atoms with van der Waals surface area (Å²) in [6.45, 7) is 0.255. The van der Waals surface area contributed by atoms with Crippen LogP contribution >= 0.6 is 11.3 Å². The first kappa shape index (κ1) is 25.3. The highest BCUT2D eigenvalue weighted by atomic mass is 32.1. The first-order chi connectivity index (χ1) is 19.5. The Balaban J connectivity index is 1.23. The number of ether oxygens (including phenoxy) is 4. The Morgan fingerprint density at radius 2 is 1.85 bits per heavy atom. The van der Waals surface area contributed by atoms with Crippen LogP contribution in [0.4, 0.5) is 5.69 Å². The lowest BCUT2D eigenvalue weighted by atomic mass is 10.1. The van der Waals surface area contributed by atoms with Gasteiger partial charge in [0.2, 0.25) is 4.96 Å². The number of rotatable bonds is 9. The first-order valence-electron chi connectivity index (χ1n) is 12.2. The van der Waals surface area contributed by atoms with Crippen molar-refractivity contribution < 1.29 is 28.2 Å². The molecule has 3 aromatic heterocycles. The number of hydrogen-bond donors (Lipinski definition) is 1. The lowest BCUT2D eigenvalue weighted by Crippen LogP contribution is -2.13. The number of amides is 1. The lowest BCUT2D eigenvalue weighted by Gasteiger charge is -2.12. The van der Waals surface area contributed by atoms with E-state index in [4.69, 9.17) is 23.4 Å². The smallest absolute Gasteiger partial charge is 0.294 e. The van der Waals surface area contributed by atoms with Gasteiger partial charge in [-0.25, -0.2) is 9.50 Å². The molecule has 0 aliphatic heterocycles. The second-order valence-corrected chi connectivity index (χ2v) is 9.64. The summed E-state index contributed by atoms with van der Waals surface area (Å²) in [4.78, 5) is 18.1. The van der Waals surface area contributed by atoms with Crippen molar-refractivity contribution in [2.45, 2.75) is 6.61 Å². The van der Waals surface area contributed by atoms with Crippen molar-refractivity contribution in [2.24, 2.45) is 0 Å². The summed E-state index contributed by atoms with van der Waals surface area (Å²) in [7, 11) is 4.70. The highest BCUT2D eigenvalue weighted by molar-refractivity contribution is 7.18. The second-order valence-electron chi connectivity index (χ2n) is 8.72. The Morgan fingerprint density at radius 1 is 0.975 bits per heavy atom. The Hall–Kier alpha value is -5.03. The van der Waals surface area contributed by atoms with Crippen molar-refractivity contribution in [1.29, 1.82) is 0 Å². The van der Waals surface area contributed by atoms with Crippen molar-refractivity contribution in [1.82, 2.24) is 14.6 Å². The van der Waals surface area contributed by atoms with Gasteiger partial charge in [-0.2, -0.15) is 0 Å². The van der Waals surface area contributed by atoms with Gasteiger partial charge < -0.3 is 28.7 Å². The van der Waals surface area contributed by atoms with E-state index in [1.165, 1.54) is 18.4 Å². The molecule has 11 heteroatoms. The normalized spacial score (nSPS) is 11.1. The van der Waals surface area contributed by atoms with Crippen molar-refractivity contribution in [3.63, 3.8) is 0 Å². The van der Waals surface area contributed by atoms with E-state index in [9.17, 15) is 4.79 Å². The van der Waals surface area contributed by atoms with Gasteiger partial charge in [-0.3, -0.25) is 4.79 Å². The van der Waals surface area contributed by atoms with Crippen LogP contribution in [0.1, 0.15) is 15.9 Å². The molecule has 0 saturated heterocycles. The van der Waals surface area contributed by atoms with Crippen molar-refractivity contribution in [2.75, 3.05) is 26.6 Å². The topological polar surface area (TPSA) is 109 Å². The SMILES string of the molecule is COc1cc(OCc2cccc(NC(=O)c3ccccc3OC)c2)c2cc(-c3cn4nc(OC)sc4n3)oc2c1. The number of furan rings is 1. The highest BCUT2D eigenvalue weighted by Gasteiger charge is 2.17. The molecule has 0 saturated carbocycles. The molecule has 0 radical (unpaired) electrons. The van der Waals surface area contributed by atoms with Crippen LogP contribution in [-0.2, 0) is 6.61 Å². The van der Waals surface area contributed by atoms with Crippen LogP contribution in [0.15, 0.2) is 77.3 Å². The molecule has 0 unspecified atom stereocenters. The molecule has 3 aromatic carbocycles. The highest BCUT2D eigenvalue weighted by Crippen LogP contribution is 2.37. The number of anilines is 1. The van der Waals surface area contributed by atoms with Crippen LogP contribution in [0, 0.1) is 0 Å². The van der Waals surface area contributed by atoms with Crippen LogP contribution in [0.25, 0.3) is 27.4 Å². The molecule has 6 aromatic rings. The molecular weight excluding hydrogens is 532 g/mol. The van der Waals surface area contributed by atoms with Gasteiger partial charge in [0.1, 0.15) is 35.1 Å². The van der Waals surface area contributed by atoms with E-state index in [0.29, 0.717) is 55.7 Å². The van der Waals surface area contributed by atoms with E-state index in [1.54, 1.807) is 49.2 Å². The van der Waals surface area contributed by atoms with E-state index in [2.05, 4.69) is 15.4 Å². The molecule has 0 bridgehead atoms. The Bertz CT molecular complexity index is 1810. The minimum absolute atomic E-state index is 0.255. The van der Waals surface area contributed by atoms with E-state index in [0.717, 1.165) is 10.9 Å². The molecule has 40 heavy (non-hydrogen) atoms. The summed E-state index contributed by atoms with van der Waals surface area (Å²) in [5, 5.41) is 8.55. The number of fused-ring (bicyclic) bond motifs is 2. The number of para-hydroxylation sites is 1. The summed E-state index contributed by atoms with van der Waals surface area (Å²) in [5.41, 5.74) is 3.20. The van der Waals surface area contributed by atoms with Crippen molar-refractivity contribution in [3.05, 3.63) is 84.1 Å².